The van der Waals surface area contributed by atoms with Gasteiger partial charge in [-0.2, -0.15) is 4.98 Å². The topological polar surface area (TPSA) is 67.9 Å². The zero-order valence-electron chi connectivity index (χ0n) is 12.9. The lowest BCUT2D eigenvalue weighted by Crippen LogP contribution is -2.33. The highest BCUT2D eigenvalue weighted by molar-refractivity contribution is 5.11. The molecule has 22 heavy (non-hydrogen) atoms. The van der Waals surface area contributed by atoms with E-state index in [-0.39, 0.29) is 6.04 Å². The summed E-state index contributed by atoms with van der Waals surface area (Å²) in [5.41, 5.74) is 1.16. The molecule has 6 heteroatoms. The fourth-order valence-electron chi connectivity index (χ4n) is 3.14. The van der Waals surface area contributed by atoms with Crippen molar-refractivity contribution in [2.24, 2.45) is 0 Å². The molecule has 1 unspecified atom stereocenters. The van der Waals surface area contributed by atoms with Gasteiger partial charge in [-0.25, -0.2) is 9.97 Å². The Labute approximate surface area is 130 Å². The number of rotatable bonds is 4. The van der Waals surface area contributed by atoms with Crippen LogP contribution in [0.4, 0.5) is 0 Å². The molecule has 1 aliphatic carbocycles. The third-order valence-corrected chi connectivity index (χ3v) is 4.50. The van der Waals surface area contributed by atoms with Crippen LogP contribution in [-0.2, 0) is 6.54 Å². The van der Waals surface area contributed by atoms with Gasteiger partial charge in [-0.05, 0) is 39.2 Å². The van der Waals surface area contributed by atoms with Gasteiger partial charge in [-0.15, -0.1) is 0 Å². The van der Waals surface area contributed by atoms with Crippen molar-refractivity contribution in [3.8, 4) is 0 Å². The van der Waals surface area contributed by atoms with Gasteiger partial charge in [-0.3, -0.25) is 4.90 Å². The summed E-state index contributed by atoms with van der Waals surface area (Å²) in [5, 5.41) is 3.93. The molecule has 2 aromatic heterocycles. The van der Waals surface area contributed by atoms with Crippen LogP contribution in [0.15, 0.2) is 16.9 Å². The van der Waals surface area contributed by atoms with Crippen LogP contribution in [0.3, 0.4) is 0 Å². The minimum absolute atomic E-state index is 0.220. The van der Waals surface area contributed by atoms with Gasteiger partial charge in [0.1, 0.15) is 5.82 Å². The van der Waals surface area contributed by atoms with Crippen LogP contribution in [-0.4, -0.2) is 31.6 Å². The largest absolute Gasteiger partial charge is 0.338 e. The predicted octanol–water partition coefficient (Wildman–Crippen LogP) is 2.77. The number of hydrogen-bond acceptors (Lipinski definition) is 6. The fourth-order valence-corrected chi connectivity index (χ4v) is 3.14. The van der Waals surface area contributed by atoms with Gasteiger partial charge in [0.15, 0.2) is 5.82 Å². The summed E-state index contributed by atoms with van der Waals surface area (Å²) in [6.45, 7) is 3.76. The van der Waals surface area contributed by atoms with Gasteiger partial charge < -0.3 is 4.52 Å². The van der Waals surface area contributed by atoms with Crippen molar-refractivity contribution in [3.63, 3.8) is 0 Å². The standard InChI is InChI=1S/C16H21N5O/c1-11-19-16(22-20-11)14-4-2-3-7-21(14)10-12-8-17-15(18-9-12)13-5-6-13/h8-9,13-14H,2-7,10H2,1H3. The Hall–Kier alpha value is -1.82. The van der Waals surface area contributed by atoms with Crippen molar-refractivity contribution in [3.05, 3.63) is 35.5 Å². The third kappa shape index (κ3) is 2.88. The minimum Gasteiger partial charge on any atom is -0.338 e. The molecule has 1 saturated carbocycles. The maximum atomic E-state index is 5.40. The average molecular weight is 299 g/mol. The number of piperidine rings is 1. The smallest absolute Gasteiger partial charge is 0.243 e. The number of aryl methyl sites for hydroxylation is 1. The second-order valence-electron chi connectivity index (χ2n) is 6.39. The molecule has 116 valence electrons. The first-order valence-corrected chi connectivity index (χ1v) is 8.14. The molecule has 1 saturated heterocycles. The predicted molar refractivity (Wildman–Crippen MR) is 80.0 cm³/mol. The average Bonchev–Trinajstić information content (AvgIpc) is 3.30. The van der Waals surface area contributed by atoms with Gasteiger partial charge >= 0.3 is 0 Å². The summed E-state index contributed by atoms with van der Waals surface area (Å²) in [5.74, 6) is 3.06. The number of likely N-dealkylation sites (tertiary alicyclic amines) is 1. The molecule has 2 aromatic rings. The Balaban J connectivity index is 1.49. The van der Waals surface area contributed by atoms with E-state index < -0.39 is 0 Å². The van der Waals surface area contributed by atoms with Crippen molar-refractivity contribution < 1.29 is 4.52 Å². The lowest BCUT2D eigenvalue weighted by atomic mass is 10.0. The van der Waals surface area contributed by atoms with Gasteiger partial charge in [-0.1, -0.05) is 11.6 Å². The summed E-state index contributed by atoms with van der Waals surface area (Å²) in [4.78, 5) is 15.9. The second-order valence-corrected chi connectivity index (χ2v) is 6.39. The van der Waals surface area contributed by atoms with Crippen LogP contribution in [0.5, 0.6) is 0 Å². The first-order valence-electron chi connectivity index (χ1n) is 8.14. The Morgan fingerprint density at radius 1 is 1.18 bits per heavy atom. The Morgan fingerprint density at radius 3 is 2.68 bits per heavy atom. The van der Waals surface area contributed by atoms with Crippen molar-refractivity contribution in [1.82, 2.24) is 25.0 Å². The molecule has 6 nitrogen and oxygen atoms in total. The quantitative estimate of drug-likeness (QED) is 0.864. The van der Waals surface area contributed by atoms with Crippen LogP contribution in [0.2, 0.25) is 0 Å². The Kier molecular flexibility index (Phi) is 3.62. The van der Waals surface area contributed by atoms with E-state index in [0.29, 0.717) is 11.7 Å². The highest BCUT2D eigenvalue weighted by atomic mass is 16.5. The molecule has 3 heterocycles. The van der Waals surface area contributed by atoms with Gasteiger partial charge in [0.25, 0.3) is 0 Å². The summed E-state index contributed by atoms with van der Waals surface area (Å²) in [6, 6.07) is 0.220. The van der Waals surface area contributed by atoms with E-state index in [1.807, 2.05) is 19.3 Å². The van der Waals surface area contributed by atoms with Gasteiger partial charge in [0, 0.05) is 30.4 Å². The third-order valence-electron chi connectivity index (χ3n) is 4.50. The summed E-state index contributed by atoms with van der Waals surface area (Å²) in [6.07, 6.45) is 9.93. The van der Waals surface area contributed by atoms with E-state index in [9.17, 15) is 0 Å². The first kappa shape index (κ1) is 13.8. The van der Waals surface area contributed by atoms with E-state index in [4.69, 9.17) is 4.52 Å². The van der Waals surface area contributed by atoms with Crippen molar-refractivity contribution in [1.29, 1.82) is 0 Å². The minimum atomic E-state index is 0.220. The lowest BCUT2D eigenvalue weighted by Gasteiger charge is -2.33. The highest BCUT2D eigenvalue weighted by Crippen LogP contribution is 2.37. The van der Waals surface area contributed by atoms with E-state index in [0.717, 1.165) is 36.8 Å². The molecule has 2 fully saturated rings. The molecule has 0 aromatic carbocycles. The van der Waals surface area contributed by atoms with Crippen LogP contribution in [0, 0.1) is 6.92 Å². The van der Waals surface area contributed by atoms with Crippen molar-refractivity contribution in [2.45, 2.75) is 57.5 Å². The zero-order chi connectivity index (χ0) is 14.9. The van der Waals surface area contributed by atoms with Crippen molar-refractivity contribution >= 4 is 0 Å². The maximum Gasteiger partial charge on any atom is 0.243 e. The van der Waals surface area contributed by atoms with E-state index >= 15 is 0 Å². The molecule has 0 spiro atoms. The molecular weight excluding hydrogens is 278 g/mol. The summed E-state index contributed by atoms with van der Waals surface area (Å²) in [7, 11) is 0. The highest BCUT2D eigenvalue weighted by Gasteiger charge is 2.29. The van der Waals surface area contributed by atoms with Crippen LogP contribution in [0.25, 0.3) is 0 Å². The van der Waals surface area contributed by atoms with E-state index in [1.165, 1.54) is 25.7 Å². The Morgan fingerprint density at radius 2 is 2.00 bits per heavy atom. The molecule has 0 bridgehead atoms. The van der Waals surface area contributed by atoms with E-state index in [2.05, 4.69) is 25.0 Å². The molecule has 0 amide bonds. The molecule has 1 atom stereocenters. The number of nitrogens with zero attached hydrogens (tertiary/aromatic N) is 5. The van der Waals surface area contributed by atoms with Crippen LogP contribution >= 0.6 is 0 Å². The zero-order valence-corrected chi connectivity index (χ0v) is 12.9. The van der Waals surface area contributed by atoms with Crippen LogP contribution in [0.1, 0.15) is 67.2 Å². The monoisotopic (exact) mass is 299 g/mol. The number of hydrogen-bond donors (Lipinski definition) is 0. The maximum absolute atomic E-state index is 5.40. The lowest BCUT2D eigenvalue weighted by molar-refractivity contribution is 0.111. The molecule has 0 radical (unpaired) electrons. The molecule has 1 aliphatic heterocycles. The summed E-state index contributed by atoms with van der Waals surface area (Å²) >= 11 is 0. The fraction of sp³-hybridized carbons (Fsp3) is 0.625. The summed E-state index contributed by atoms with van der Waals surface area (Å²) < 4.78 is 5.40. The van der Waals surface area contributed by atoms with Gasteiger partial charge in [0.2, 0.25) is 5.89 Å². The first-order chi connectivity index (χ1) is 10.8. The number of aromatic nitrogens is 4. The molecule has 4 rings (SSSR count). The second kappa shape index (κ2) is 5.76. The normalized spacial score (nSPS) is 22.9. The Bertz CT molecular complexity index is 634. The molecule has 2 aliphatic rings. The van der Waals surface area contributed by atoms with Gasteiger partial charge in [0.05, 0.1) is 6.04 Å². The van der Waals surface area contributed by atoms with E-state index in [1.54, 1.807) is 0 Å². The van der Waals surface area contributed by atoms with Crippen LogP contribution < -0.4 is 0 Å². The van der Waals surface area contributed by atoms with Crippen molar-refractivity contribution in [2.75, 3.05) is 6.54 Å². The molecular formula is C16H21N5O. The molecule has 0 N–H and O–H groups in total. The SMILES string of the molecule is Cc1noc(C2CCCCN2Cc2cnc(C3CC3)nc2)n1.